The predicted octanol–water partition coefficient (Wildman–Crippen LogP) is 8.67. The van der Waals surface area contributed by atoms with Gasteiger partial charge in [-0.1, -0.05) is 56.6 Å². The molecule has 224 valence electrons. The zero-order valence-corrected chi connectivity index (χ0v) is 27.6. The van der Waals surface area contributed by atoms with Gasteiger partial charge in [0.25, 0.3) is 0 Å². The highest BCUT2D eigenvalue weighted by atomic mass is 35.5. The summed E-state index contributed by atoms with van der Waals surface area (Å²) in [4.78, 5) is 9.47. The third-order valence-electron chi connectivity index (χ3n) is 9.23. The minimum absolute atomic E-state index is 0.103. The largest absolute Gasteiger partial charge is 0.370 e. The fourth-order valence-electron chi connectivity index (χ4n) is 7.47. The van der Waals surface area contributed by atoms with Crippen molar-refractivity contribution in [3.05, 3.63) is 106 Å². The molecule has 0 spiro atoms. The van der Waals surface area contributed by atoms with Crippen molar-refractivity contribution in [3.63, 3.8) is 0 Å². The van der Waals surface area contributed by atoms with Crippen LogP contribution in [0.2, 0.25) is 5.02 Å². The van der Waals surface area contributed by atoms with Gasteiger partial charge in [0.1, 0.15) is 0 Å². The average Bonchev–Trinajstić information content (AvgIpc) is 3.47. The Hall–Kier alpha value is -3.35. The summed E-state index contributed by atoms with van der Waals surface area (Å²) in [6, 6.07) is 21.3. The van der Waals surface area contributed by atoms with Crippen LogP contribution in [0.25, 0.3) is 5.69 Å². The van der Waals surface area contributed by atoms with Crippen molar-refractivity contribution in [2.24, 2.45) is 11.8 Å². The molecule has 4 heterocycles. The Labute approximate surface area is 266 Å². The molecule has 0 saturated carbocycles. The molecule has 4 unspecified atom stereocenters. The van der Waals surface area contributed by atoms with Crippen LogP contribution < -0.4 is 15.1 Å². The molecule has 2 fully saturated rings. The van der Waals surface area contributed by atoms with Gasteiger partial charge in [0.15, 0.2) is 5.11 Å². The number of benzene rings is 2. The summed E-state index contributed by atoms with van der Waals surface area (Å²) in [5, 5.41) is 5.08. The van der Waals surface area contributed by atoms with Gasteiger partial charge < -0.3 is 19.7 Å². The maximum atomic E-state index is 7.07. The molecule has 6 rings (SSSR count). The molecule has 4 atom stereocenters. The van der Waals surface area contributed by atoms with Crippen molar-refractivity contribution in [2.45, 2.75) is 66.5 Å². The molecule has 2 aromatic carbocycles. The Bertz CT molecular complexity index is 1640. The first-order valence-electron chi connectivity index (χ1n) is 15.5. The molecule has 0 radical (unpaired) electrons. The van der Waals surface area contributed by atoms with Gasteiger partial charge in [0.2, 0.25) is 0 Å². The van der Waals surface area contributed by atoms with Crippen LogP contribution >= 0.6 is 23.8 Å². The monoisotopic (exact) mass is 611 g/mol. The standard InChI is InChI=1S/C36H42ClN5S/c1-7-27-12-10-11-24(4)34(27)41-25(5)18-29(26(41)6)35-33(31-13-8-9-16-38-31)39-36(43)42(35)28-14-15-32(30(37)19-28)40-20-22(2)17-23(3)21-40/h8-16,18-19,22-23,33,35H,7,17,20-21H2,1-6H3,(H,39,43). The summed E-state index contributed by atoms with van der Waals surface area (Å²) in [5.41, 5.74) is 10.6. The minimum Gasteiger partial charge on any atom is -0.370 e. The number of rotatable bonds is 6. The molecule has 1 N–H and O–H groups in total. The van der Waals surface area contributed by atoms with Gasteiger partial charge in [0.05, 0.1) is 34.2 Å². The number of thiocarbonyl (C=S) groups is 1. The highest BCUT2D eigenvalue weighted by Crippen LogP contribution is 2.45. The normalized spacial score (nSPS) is 22.3. The van der Waals surface area contributed by atoms with Crippen molar-refractivity contribution in [1.29, 1.82) is 0 Å². The number of para-hydroxylation sites is 1. The number of nitrogens with zero attached hydrogens (tertiary/aromatic N) is 4. The Morgan fingerprint density at radius 3 is 2.42 bits per heavy atom. The molecule has 7 heteroatoms. The van der Waals surface area contributed by atoms with Crippen molar-refractivity contribution < 1.29 is 0 Å². The van der Waals surface area contributed by atoms with Gasteiger partial charge in [-0.05, 0) is 111 Å². The lowest BCUT2D eigenvalue weighted by molar-refractivity contribution is 0.357. The van der Waals surface area contributed by atoms with Gasteiger partial charge in [-0.25, -0.2) is 0 Å². The van der Waals surface area contributed by atoms with Crippen molar-refractivity contribution in [2.75, 3.05) is 22.9 Å². The quantitative estimate of drug-likeness (QED) is 0.221. The van der Waals surface area contributed by atoms with E-state index in [4.69, 9.17) is 28.8 Å². The van der Waals surface area contributed by atoms with Crippen LogP contribution in [0.3, 0.4) is 0 Å². The van der Waals surface area contributed by atoms with E-state index >= 15 is 0 Å². The molecule has 43 heavy (non-hydrogen) atoms. The van der Waals surface area contributed by atoms with E-state index in [-0.39, 0.29) is 12.1 Å². The Morgan fingerprint density at radius 1 is 0.977 bits per heavy atom. The fraction of sp³-hybridized carbons (Fsp3) is 0.389. The zero-order chi connectivity index (χ0) is 30.4. The summed E-state index contributed by atoms with van der Waals surface area (Å²) in [6.45, 7) is 15.6. The number of aromatic nitrogens is 2. The highest BCUT2D eigenvalue weighted by molar-refractivity contribution is 7.80. The number of nitrogens with one attached hydrogen (secondary N) is 1. The molecular formula is C36H42ClN5S. The van der Waals surface area contributed by atoms with Crippen LogP contribution in [0, 0.1) is 32.6 Å². The van der Waals surface area contributed by atoms with E-state index in [1.54, 1.807) is 0 Å². The second-order valence-electron chi connectivity index (χ2n) is 12.6. The lowest BCUT2D eigenvalue weighted by atomic mass is 9.91. The van der Waals surface area contributed by atoms with Crippen LogP contribution in [-0.2, 0) is 6.42 Å². The minimum atomic E-state index is -0.118. The van der Waals surface area contributed by atoms with Gasteiger partial charge in [-0.15, -0.1) is 0 Å². The average molecular weight is 612 g/mol. The maximum Gasteiger partial charge on any atom is 0.174 e. The van der Waals surface area contributed by atoms with E-state index in [9.17, 15) is 0 Å². The topological polar surface area (TPSA) is 36.3 Å². The summed E-state index contributed by atoms with van der Waals surface area (Å²) in [5.74, 6) is 1.30. The second kappa shape index (κ2) is 12.0. The SMILES string of the molecule is CCc1cccc(C)c1-n1c(C)cc(C2C(c3ccccn3)NC(=S)N2c2ccc(N3CC(C)CC(C)C3)c(Cl)c2)c1C. The van der Waals surface area contributed by atoms with Crippen molar-refractivity contribution >= 4 is 40.3 Å². The van der Waals surface area contributed by atoms with Gasteiger partial charge in [-0.2, -0.15) is 0 Å². The Morgan fingerprint density at radius 2 is 1.74 bits per heavy atom. The van der Waals surface area contributed by atoms with Crippen LogP contribution in [0.4, 0.5) is 11.4 Å². The molecule has 0 bridgehead atoms. The van der Waals surface area contributed by atoms with Crippen LogP contribution in [0.15, 0.2) is 66.9 Å². The van der Waals surface area contributed by atoms with E-state index in [2.05, 4.69) is 110 Å². The Balaban J connectivity index is 1.47. The van der Waals surface area contributed by atoms with Crippen LogP contribution in [-0.4, -0.2) is 27.8 Å². The smallest absolute Gasteiger partial charge is 0.174 e. The number of pyridine rings is 1. The first-order valence-corrected chi connectivity index (χ1v) is 16.3. The van der Waals surface area contributed by atoms with Crippen molar-refractivity contribution in [3.8, 4) is 5.69 Å². The molecule has 2 aliphatic heterocycles. The van der Waals surface area contributed by atoms with E-state index in [1.165, 1.54) is 40.2 Å². The van der Waals surface area contributed by atoms with E-state index in [0.29, 0.717) is 16.9 Å². The van der Waals surface area contributed by atoms with Gasteiger partial charge in [-0.3, -0.25) is 4.98 Å². The molecule has 2 aliphatic rings. The molecule has 5 nitrogen and oxygen atoms in total. The third kappa shape index (κ3) is 5.44. The maximum absolute atomic E-state index is 7.07. The van der Waals surface area contributed by atoms with E-state index < -0.39 is 0 Å². The fourth-order valence-corrected chi connectivity index (χ4v) is 8.11. The van der Waals surface area contributed by atoms with E-state index in [0.717, 1.165) is 41.6 Å². The Kier molecular flexibility index (Phi) is 8.27. The summed E-state index contributed by atoms with van der Waals surface area (Å²) in [7, 11) is 0. The number of anilines is 2. The molecular weight excluding hydrogens is 570 g/mol. The van der Waals surface area contributed by atoms with E-state index in [1.807, 2.05) is 18.3 Å². The first-order chi connectivity index (χ1) is 20.7. The second-order valence-corrected chi connectivity index (χ2v) is 13.4. The molecule has 0 aliphatic carbocycles. The lowest BCUT2D eigenvalue weighted by Gasteiger charge is -2.37. The number of halogens is 1. The molecule has 2 saturated heterocycles. The molecule has 4 aromatic rings. The van der Waals surface area contributed by atoms with Crippen LogP contribution in [0.1, 0.15) is 73.0 Å². The number of hydrogen-bond acceptors (Lipinski definition) is 3. The lowest BCUT2D eigenvalue weighted by Crippen LogP contribution is -2.38. The van der Waals surface area contributed by atoms with Crippen molar-refractivity contribution in [1.82, 2.24) is 14.9 Å². The highest BCUT2D eigenvalue weighted by Gasteiger charge is 2.42. The summed E-state index contributed by atoms with van der Waals surface area (Å²) >= 11 is 13.1. The zero-order valence-electron chi connectivity index (χ0n) is 26.1. The number of hydrogen-bond donors (Lipinski definition) is 1. The molecule has 2 aromatic heterocycles. The predicted molar refractivity (Wildman–Crippen MR) is 184 cm³/mol. The number of piperidine rings is 1. The van der Waals surface area contributed by atoms with Gasteiger partial charge in [0, 0.05) is 36.4 Å². The number of aryl methyl sites for hydroxylation is 3. The van der Waals surface area contributed by atoms with Crippen LogP contribution in [0.5, 0.6) is 0 Å². The molecule has 0 amide bonds. The summed E-state index contributed by atoms with van der Waals surface area (Å²) in [6.07, 6.45) is 4.09. The summed E-state index contributed by atoms with van der Waals surface area (Å²) < 4.78 is 2.42. The first kappa shape index (κ1) is 29.7. The third-order valence-corrected chi connectivity index (χ3v) is 9.85. The van der Waals surface area contributed by atoms with Gasteiger partial charge >= 0.3 is 0 Å².